The molecule has 27 heavy (non-hydrogen) atoms. The lowest BCUT2D eigenvalue weighted by Crippen LogP contribution is -1.95. The van der Waals surface area contributed by atoms with Crippen LogP contribution in [0.1, 0.15) is 17.7 Å². The van der Waals surface area contributed by atoms with Crippen LogP contribution >= 0.6 is 23.1 Å². The first-order chi connectivity index (χ1) is 13.0. The zero-order valence-electron chi connectivity index (χ0n) is 15.3. The summed E-state index contributed by atoms with van der Waals surface area (Å²) in [5.41, 5.74) is 2.09. The fraction of sp³-hybridized carbons (Fsp3) is 0.316. The molecule has 0 fully saturated rings. The molecule has 3 aromatic rings. The number of methoxy groups -OCH3 is 2. The van der Waals surface area contributed by atoms with E-state index in [0.29, 0.717) is 23.7 Å². The zero-order chi connectivity index (χ0) is 19.4. The molecule has 1 aromatic carbocycles. The minimum atomic E-state index is -0.777. The third kappa shape index (κ3) is 4.17. The molecular formula is C19H20N2O4S2. The molecule has 0 unspecified atom stereocenters. The fourth-order valence-corrected chi connectivity index (χ4v) is 4.88. The molecule has 0 amide bonds. The van der Waals surface area contributed by atoms with Crippen molar-refractivity contribution in [3.8, 4) is 22.6 Å². The summed E-state index contributed by atoms with van der Waals surface area (Å²) in [6, 6.07) is 5.85. The summed E-state index contributed by atoms with van der Waals surface area (Å²) in [5, 5.41) is 10.7. The molecule has 3 rings (SSSR count). The molecule has 8 heteroatoms. The highest BCUT2D eigenvalue weighted by molar-refractivity contribution is 7.99. The van der Waals surface area contributed by atoms with Crippen LogP contribution in [0.15, 0.2) is 29.6 Å². The molecule has 2 heterocycles. The van der Waals surface area contributed by atoms with E-state index < -0.39 is 5.97 Å². The van der Waals surface area contributed by atoms with Crippen molar-refractivity contribution in [3.63, 3.8) is 0 Å². The fourth-order valence-electron chi connectivity index (χ4n) is 2.86. The average molecular weight is 405 g/mol. The van der Waals surface area contributed by atoms with Crippen LogP contribution in [-0.2, 0) is 4.79 Å². The summed E-state index contributed by atoms with van der Waals surface area (Å²) in [5.74, 6) is 1.26. The van der Waals surface area contributed by atoms with Crippen LogP contribution in [0.3, 0.4) is 0 Å². The smallest absolute Gasteiger partial charge is 0.303 e. The van der Waals surface area contributed by atoms with E-state index in [4.69, 9.17) is 14.6 Å². The van der Waals surface area contributed by atoms with Gasteiger partial charge in [0.25, 0.3) is 0 Å². The number of aliphatic carboxylic acids is 1. The van der Waals surface area contributed by atoms with Gasteiger partial charge in [0, 0.05) is 22.6 Å². The van der Waals surface area contributed by atoms with Crippen molar-refractivity contribution in [3.05, 3.63) is 29.4 Å². The lowest BCUT2D eigenvalue weighted by molar-refractivity contribution is -0.137. The summed E-state index contributed by atoms with van der Waals surface area (Å²) < 4.78 is 10.8. The molecule has 2 aromatic heterocycles. The SMILES string of the molecule is COc1ccc(-c2c(C)sc3ncnc(SCCCC(=O)O)c23)cc1OC. The maximum Gasteiger partial charge on any atom is 0.303 e. The van der Waals surface area contributed by atoms with Crippen LogP contribution in [0.5, 0.6) is 11.5 Å². The largest absolute Gasteiger partial charge is 0.493 e. The number of carboxylic acids is 1. The molecule has 0 spiro atoms. The number of carbonyl (C=O) groups is 1. The molecule has 0 atom stereocenters. The topological polar surface area (TPSA) is 81.5 Å². The van der Waals surface area contributed by atoms with Gasteiger partial charge in [-0.1, -0.05) is 6.07 Å². The Morgan fingerprint density at radius 3 is 2.70 bits per heavy atom. The number of ether oxygens (including phenoxy) is 2. The zero-order valence-corrected chi connectivity index (χ0v) is 16.9. The van der Waals surface area contributed by atoms with E-state index in [1.807, 2.05) is 18.2 Å². The van der Waals surface area contributed by atoms with Gasteiger partial charge in [-0.15, -0.1) is 23.1 Å². The normalized spacial score (nSPS) is 10.9. The van der Waals surface area contributed by atoms with E-state index in [-0.39, 0.29) is 6.42 Å². The molecule has 6 nitrogen and oxygen atoms in total. The standard InChI is InChI=1S/C19H20N2O4S2/c1-11-16(12-6-7-13(24-2)14(9-12)25-3)17-18(20-10-21-19(17)27-11)26-8-4-5-15(22)23/h6-7,9-10H,4-5,8H2,1-3H3,(H,22,23). The number of rotatable bonds is 8. The monoisotopic (exact) mass is 404 g/mol. The van der Waals surface area contributed by atoms with Crippen molar-refractivity contribution >= 4 is 39.3 Å². The van der Waals surface area contributed by atoms with E-state index >= 15 is 0 Å². The molecule has 0 aliphatic heterocycles. The second kappa shape index (κ2) is 8.58. The summed E-state index contributed by atoms with van der Waals surface area (Å²) in [6.07, 6.45) is 2.32. The predicted octanol–water partition coefficient (Wildman–Crippen LogP) is 4.64. The van der Waals surface area contributed by atoms with Crippen LogP contribution < -0.4 is 9.47 Å². The second-order valence-electron chi connectivity index (χ2n) is 5.81. The first-order valence-electron chi connectivity index (χ1n) is 8.36. The van der Waals surface area contributed by atoms with E-state index in [1.165, 1.54) is 0 Å². The van der Waals surface area contributed by atoms with Crippen LogP contribution in [0, 0.1) is 6.92 Å². The predicted molar refractivity (Wildman–Crippen MR) is 108 cm³/mol. The molecule has 142 valence electrons. The Labute approximate surface area is 165 Å². The van der Waals surface area contributed by atoms with Crippen LogP contribution in [0.25, 0.3) is 21.3 Å². The number of nitrogens with zero attached hydrogens (tertiary/aromatic N) is 2. The van der Waals surface area contributed by atoms with Crippen LogP contribution in [0.2, 0.25) is 0 Å². The summed E-state index contributed by atoms with van der Waals surface area (Å²) in [7, 11) is 3.23. The van der Waals surface area contributed by atoms with Gasteiger partial charge in [-0.3, -0.25) is 4.79 Å². The van der Waals surface area contributed by atoms with Crippen LogP contribution in [0.4, 0.5) is 0 Å². The van der Waals surface area contributed by atoms with Gasteiger partial charge in [-0.05, 0) is 31.0 Å². The average Bonchev–Trinajstić information content (AvgIpc) is 3.01. The van der Waals surface area contributed by atoms with Gasteiger partial charge < -0.3 is 14.6 Å². The summed E-state index contributed by atoms with van der Waals surface area (Å²) >= 11 is 3.19. The highest BCUT2D eigenvalue weighted by Crippen LogP contribution is 2.43. The molecule has 0 aliphatic carbocycles. The molecule has 0 aliphatic rings. The van der Waals surface area contributed by atoms with Gasteiger partial charge in [0.05, 0.1) is 19.6 Å². The van der Waals surface area contributed by atoms with Gasteiger partial charge >= 0.3 is 5.97 Å². The first kappa shape index (κ1) is 19.4. The molecule has 0 radical (unpaired) electrons. The van der Waals surface area contributed by atoms with Gasteiger partial charge in [-0.2, -0.15) is 0 Å². The van der Waals surface area contributed by atoms with Gasteiger partial charge in [0.1, 0.15) is 16.2 Å². The second-order valence-corrected chi connectivity index (χ2v) is 8.09. The number of hydrogen-bond acceptors (Lipinski definition) is 7. The molecule has 0 saturated heterocycles. The van der Waals surface area contributed by atoms with Crippen molar-refractivity contribution < 1.29 is 19.4 Å². The first-order valence-corrected chi connectivity index (χ1v) is 10.2. The van der Waals surface area contributed by atoms with Crippen LogP contribution in [-0.4, -0.2) is 41.0 Å². The Morgan fingerprint density at radius 1 is 1.22 bits per heavy atom. The van der Waals surface area contributed by atoms with E-state index in [0.717, 1.165) is 31.2 Å². The van der Waals surface area contributed by atoms with Crippen molar-refractivity contribution in [1.82, 2.24) is 9.97 Å². The molecule has 1 N–H and O–H groups in total. The van der Waals surface area contributed by atoms with Crippen molar-refractivity contribution in [2.24, 2.45) is 0 Å². The van der Waals surface area contributed by atoms with Gasteiger partial charge in [0.2, 0.25) is 0 Å². The number of carboxylic acid groups (broad SMARTS) is 1. The Bertz CT molecular complexity index is 972. The maximum absolute atomic E-state index is 10.7. The van der Waals surface area contributed by atoms with E-state index in [9.17, 15) is 4.79 Å². The van der Waals surface area contributed by atoms with Crippen molar-refractivity contribution in [2.75, 3.05) is 20.0 Å². The third-order valence-electron chi connectivity index (χ3n) is 4.08. The van der Waals surface area contributed by atoms with Gasteiger partial charge in [0.15, 0.2) is 11.5 Å². The lowest BCUT2D eigenvalue weighted by Gasteiger charge is -2.11. The Kier molecular flexibility index (Phi) is 6.18. The maximum atomic E-state index is 10.7. The van der Waals surface area contributed by atoms with E-state index in [1.54, 1.807) is 43.6 Å². The summed E-state index contributed by atoms with van der Waals surface area (Å²) in [6.45, 7) is 2.07. The highest BCUT2D eigenvalue weighted by atomic mass is 32.2. The number of fused-ring (bicyclic) bond motifs is 1. The quantitative estimate of drug-likeness (QED) is 0.333. The number of benzene rings is 1. The third-order valence-corrected chi connectivity index (χ3v) is 6.16. The number of thiophene rings is 1. The van der Waals surface area contributed by atoms with E-state index in [2.05, 4.69) is 16.9 Å². The molecule has 0 bridgehead atoms. The Balaban J connectivity index is 2.03. The number of hydrogen-bond donors (Lipinski definition) is 1. The minimum Gasteiger partial charge on any atom is -0.493 e. The number of thioether (sulfide) groups is 1. The minimum absolute atomic E-state index is 0.159. The Morgan fingerprint density at radius 2 is 2.00 bits per heavy atom. The number of aryl methyl sites for hydroxylation is 1. The lowest BCUT2D eigenvalue weighted by atomic mass is 10.0. The van der Waals surface area contributed by atoms with Gasteiger partial charge in [-0.25, -0.2) is 9.97 Å². The number of aromatic nitrogens is 2. The summed E-state index contributed by atoms with van der Waals surface area (Å²) in [4.78, 5) is 21.7. The Hall–Kier alpha value is -2.32. The highest BCUT2D eigenvalue weighted by Gasteiger charge is 2.18. The van der Waals surface area contributed by atoms with Crippen molar-refractivity contribution in [1.29, 1.82) is 0 Å². The molecular weight excluding hydrogens is 384 g/mol. The van der Waals surface area contributed by atoms with Crippen molar-refractivity contribution in [2.45, 2.75) is 24.8 Å². The molecule has 0 saturated carbocycles.